The molecule has 2 rings (SSSR count). The van der Waals surface area contributed by atoms with Crippen molar-refractivity contribution in [2.75, 3.05) is 6.61 Å². The van der Waals surface area contributed by atoms with Crippen molar-refractivity contribution in [2.24, 2.45) is 11.8 Å². The minimum Gasteiger partial charge on any atom is -0.396 e. The van der Waals surface area contributed by atoms with Crippen LogP contribution in [0.15, 0.2) is 0 Å². The van der Waals surface area contributed by atoms with Crippen LogP contribution in [0.25, 0.3) is 0 Å². The lowest BCUT2D eigenvalue weighted by Crippen LogP contribution is -2.47. The molecule has 2 saturated carbocycles. The lowest BCUT2D eigenvalue weighted by Gasteiger charge is -2.36. The van der Waals surface area contributed by atoms with E-state index < -0.39 is 11.7 Å². The normalized spacial score (nSPS) is 40.2. The van der Waals surface area contributed by atoms with Crippen molar-refractivity contribution in [3.8, 4) is 0 Å². The van der Waals surface area contributed by atoms with Gasteiger partial charge in [-0.15, -0.1) is 0 Å². The highest BCUT2D eigenvalue weighted by Crippen LogP contribution is 2.44. The van der Waals surface area contributed by atoms with E-state index in [1.807, 2.05) is 0 Å². The number of rotatable bonds is 2. The number of hydrogen-bond acceptors (Lipinski definition) is 3. The zero-order valence-corrected chi connectivity index (χ0v) is 11.4. The Morgan fingerprint density at radius 3 is 1.94 bits per heavy atom. The standard InChI is InChI=1S/C15H28O3/c16-11-12-9-10-15(18,14(12)17)13-7-5-3-1-2-4-6-8-13/h12-14,16-18H,1-11H2/t12-,14+,15-/m0/s1. The molecule has 0 spiro atoms. The summed E-state index contributed by atoms with van der Waals surface area (Å²) in [6, 6.07) is 0. The van der Waals surface area contributed by atoms with Crippen LogP contribution in [0.2, 0.25) is 0 Å². The summed E-state index contributed by atoms with van der Waals surface area (Å²) in [6.45, 7) is -0.00377. The molecule has 0 amide bonds. The Bertz CT molecular complexity index is 246. The molecule has 18 heavy (non-hydrogen) atoms. The summed E-state index contributed by atoms with van der Waals surface area (Å²) in [6.07, 6.45) is 10.2. The molecule has 0 aromatic carbocycles. The summed E-state index contributed by atoms with van der Waals surface area (Å²) in [5, 5.41) is 30.4. The monoisotopic (exact) mass is 256 g/mol. The molecule has 0 saturated heterocycles. The molecule has 3 atom stereocenters. The third-order valence-corrected chi connectivity index (χ3v) is 5.17. The molecule has 0 radical (unpaired) electrons. The van der Waals surface area contributed by atoms with Gasteiger partial charge in [0.05, 0.1) is 11.7 Å². The average molecular weight is 256 g/mol. The minimum atomic E-state index is -0.933. The lowest BCUT2D eigenvalue weighted by atomic mass is 9.77. The second-order valence-electron chi connectivity index (χ2n) is 6.31. The molecule has 3 nitrogen and oxygen atoms in total. The van der Waals surface area contributed by atoms with Crippen LogP contribution in [0.4, 0.5) is 0 Å². The zero-order chi connectivity index (χ0) is 13.0. The molecule has 0 unspecified atom stereocenters. The van der Waals surface area contributed by atoms with E-state index in [1.165, 1.54) is 38.5 Å². The van der Waals surface area contributed by atoms with Gasteiger partial charge in [0.2, 0.25) is 0 Å². The van der Waals surface area contributed by atoms with Crippen LogP contribution in [-0.2, 0) is 0 Å². The molecule has 0 aromatic heterocycles. The molecule has 0 aliphatic heterocycles. The summed E-state index contributed by atoms with van der Waals surface area (Å²) in [7, 11) is 0. The van der Waals surface area contributed by atoms with Crippen molar-refractivity contribution in [2.45, 2.75) is 75.9 Å². The van der Waals surface area contributed by atoms with Crippen molar-refractivity contribution in [3.05, 3.63) is 0 Å². The van der Waals surface area contributed by atoms with E-state index in [0.717, 1.165) is 19.3 Å². The van der Waals surface area contributed by atoms with E-state index in [-0.39, 0.29) is 18.4 Å². The van der Waals surface area contributed by atoms with Crippen molar-refractivity contribution >= 4 is 0 Å². The van der Waals surface area contributed by atoms with Gasteiger partial charge in [-0.1, -0.05) is 38.5 Å². The van der Waals surface area contributed by atoms with Gasteiger partial charge in [-0.3, -0.25) is 0 Å². The number of aliphatic hydroxyl groups excluding tert-OH is 2. The predicted octanol–water partition coefficient (Wildman–Crippen LogP) is 2.23. The second kappa shape index (κ2) is 6.36. The van der Waals surface area contributed by atoms with Crippen LogP contribution < -0.4 is 0 Å². The molecule has 0 bridgehead atoms. The fraction of sp³-hybridized carbons (Fsp3) is 1.00. The van der Waals surface area contributed by atoms with Crippen LogP contribution in [0.1, 0.15) is 64.2 Å². The molecule has 106 valence electrons. The number of aliphatic hydroxyl groups is 3. The largest absolute Gasteiger partial charge is 0.396 e. The molecular weight excluding hydrogens is 228 g/mol. The van der Waals surface area contributed by atoms with Gasteiger partial charge in [-0.25, -0.2) is 0 Å². The molecule has 3 heteroatoms. The van der Waals surface area contributed by atoms with E-state index in [2.05, 4.69) is 0 Å². The molecule has 0 aromatic rings. The highest BCUT2D eigenvalue weighted by atomic mass is 16.3. The SMILES string of the molecule is OC[C@@H]1CC[C@](O)(C2CCCCCCCC2)[C@@H]1O. The lowest BCUT2D eigenvalue weighted by molar-refractivity contribution is -0.114. The second-order valence-corrected chi connectivity index (χ2v) is 6.31. The molecule has 2 fully saturated rings. The van der Waals surface area contributed by atoms with Gasteiger partial charge in [0, 0.05) is 12.5 Å². The third-order valence-electron chi connectivity index (χ3n) is 5.17. The fourth-order valence-corrected chi connectivity index (χ4v) is 3.90. The Balaban J connectivity index is 2.02. The summed E-state index contributed by atoms with van der Waals surface area (Å²) in [4.78, 5) is 0. The van der Waals surface area contributed by atoms with Gasteiger partial charge < -0.3 is 15.3 Å². The Morgan fingerprint density at radius 1 is 0.889 bits per heavy atom. The van der Waals surface area contributed by atoms with Gasteiger partial charge >= 0.3 is 0 Å². The summed E-state index contributed by atoms with van der Waals surface area (Å²) < 4.78 is 0. The molecular formula is C15H28O3. The van der Waals surface area contributed by atoms with Gasteiger partial charge in [0.1, 0.15) is 0 Å². The Hall–Kier alpha value is -0.120. The van der Waals surface area contributed by atoms with Crippen LogP contribution in [0.5, 0.6) is 0 Å². The Morgan fingerprint density at radius 2 is 1.44 bits per heavy atom. The van der Waals surface area contributed by atoms with Crippen molar-refractivity contribution in [3.63, 3.8) is 0 Å². The Labute approximate surface area is 110 Å². The molecule has 0 heterocycles. The maximum Gasteiger partial charge on any atom is 0.0937 e. The van der Waals surface area contributed by atoms with Crippen LogP contribution >= 0.6 is 0 Å². The van der Waals surface area contributed by atoms with Gasteiger partial charge in [0.15, 0.2) is 0 Å². The van der Waals surface area contributed by atoms with Crippen LogP contribution in [0, 0.1) is 11.8 Å². The van der Waals surface area contributed by atoms with E-state index in [0.29, 0.717) is 6.42 Å². The smallest absolute Gasteiger partial charge is 0.0937 e. The van der Waals surface area contributed by atoms with E-state index >= 15 is 0 Å². The molecule has 2 aliphatic rings. The first-order valence-corrected chi connectivity index (χ1v) is 7.70. The third kappa shape index (κ3) is 2.89. The van der Waals surface area contributed by atoms with E-state index in [9.17, 15) is 15.3 Å². The van der Waals surface area contributed by atoms with Crippen molar-refractivity contribution in [1.82, 2.24) is 0 Å². The predicted molar refractivity (Wildman–Crippen MR) is 71.2 cm³/mol. The van der Waals surface area contributed by atoms with Gasteiger partial charge in [-0.05, 0) is 31.6 Å². The molecule has 3 N–H and O–H groups in total. The van der Waals surface area contributed by atoms with Gasteiger partial charge in [-0.2, -0.15) is 0 Å². The summed E-state index contributed by atoms with van der Waals surface area (Å²) in [5.74, 6) is 0.102. The maximum absolute atomic E-state index is 10.8. The highest BCUT2D eigenvalue weighted by Gasteiger charge is 2.50. The van der Waals surface area contributed by atoms with E-state index in [4.69, 9.17) is 0 Å². The highest BCUT2D eigenvalue weighted by molar-refractivity contribution is 5.01. The van der Waals surface area contributed by atoms with Gasteiger partial charge in [0.25, 0.3) is 0 Å². The number of hydrogen-bond donors (Lipinski definition) is 3. The topological polar surface area (TPSA) is 60.7 Å². The van der Waals surface area contributed by atoms with E-state index in [1.54, 1.807) is 0 Å². The zero-order valence-electron chi connectivity index (χ0n) is 11.4. The van der Waals surface area contributed by atoms with Crippen LogP contribution in [0.3, 0.4) is 0 Å². The van der Waals surface area contributed by atoms with Crippen molar-refractivity contribution in [1.29, 1.82) is 0 Å². The first kappa shape index (κ1) is 14.3. The molecule has 2 aliphatic carbocycles. The Kier molecular flexibility index (Phi) is 5.05. The quantitative estimate of drug-likeness (QED) is 0.710. The first-order valence-electron chi connectivity index (χ1n) is 7.70. The summed E-state index contributed by atoms with van der Waals surface area (Å²) in [5.41, 5.74) is -0.933. The summed E-state index contributed by atoms with van der Waals surface area (Å²) >= 11 is 0. The van der Waals surface area contributed by atoms with Crippen molar-refractivity contribution < 1.29 is 15.3 Å². The van der Waals surface area contributed by atoms with Crippen LogP contribution in [-0.4, -0.2) is 33.6 Å². The fourth-order valence-electron chi connectivity index (χ4n) is 3.90. The maximum atomic E-state index is 10.8. The minimum absolute atomic E-state index is 0.00377. The average Bonchev–Trinajstić information content (AvgIpc) is 2.74. The first-order chi connectivity index (χ1) is 8.68.